The highest BCUT2D eigenvalue weighted by atomic mass is 32.2. The molecule has 0 aliphatic rings. The van der Waals surface area contributed by atoms with Gasteiger partial charge in [0, 0.05) is 6.20 Å². The number of benzene rings is 2. The maximum absolute atomic E-state index is 13.2. The zero-order valence-corrected chi connectivity index (χ0v) is 15.0. The van der Waals surface area contributed by atoms with Gasteiger partial charge in [0.05, 0.1) is 22.8 Å². The highest BCUT2D eigenvalue weighted by molar-refractivity contribution is 7.90. The van der Waals surface area contributed by atoms with Gasteiger partial charge in [-0.3, -0.25) is 0 Å². The normalized spacial score (nSPS) is 11.4. The van der Waals surface area contributed by atoms with E-state index in [1.807, 2.05) is 0 Å². The van der Waals surface area contributed by atoms with E-state index < -0.39 is 27.6 Å². The Labute approximate surface area is 154 Å². The fraction of sp³-hybridized carbons (Fsp3) is 0.105. The van der Waals surface area contributed by atoms with Crippen LogP contribution in [0, 0.1) is 11.6 Å². The Balaban J connectivity index is 2.19. The van der Waals surface area contributed by atoms with Crippen molar-refractivity contribution in [1.29, 1.82) is 0 Å². The van der Waals surface area contributed by atoms with Crippen LogP contribution in [0.1, 0.15) is 17.3 Å². The van der Waals surface area contributed by atoms with E-state index in [-0.39, 0.29) is 22.8 Å². The average molecular weight is 391 g/mol. The topological polar surface area (TPSA) is 65.4 Å². The molecule has 0 spiro atoms. The molecule has 0 fully saturated rings. The summed E-state index contributed by atoms with van der Waals surface area (Å²) in [6.45, 7) is 1.76. The van der Waals surface area contributed by atoms with Crippen LogP contribution in [0.25, 0.3) is 11.3 Å². The molecule has 0 amide bonds. The first-order valence-corrected chi connectivity index (χ1v) is 9.43. The SMILES string of the molecule is CCOC(=O)c1cc(-c2ccc(F)cc2)n(S(=O)(=O)c2ccc(F)cc2)c1. The third kappa shape index (κ3) is 3.75. The molecule has 0 saturated heterocycles. The zero-order chi connectivity index (χ0) is 19.6. The summed E-state index contributed by atoms with van der Waals surface area (Å²) < 4.78 is 58.3. The summed E-state index contributed by atoms with van der Waals surface area (Å²) in [4.78, 5) is 11.9. The van der Waals surface area contributed by atoms with E-state index in [9.17, 15) is 22.0 Å². The number of hydrogen-bond acceptors (Lipinski definition) is 4. The van der Waals surface area contributed by atoms with Gasteiger partial charge < -0.3 is 4.74 Å². The predicted molar refractivity (Wildman–Crippen MR) is 94.8 cm³/mol. The van der Waals surface area contributed by atoms with Gasteiger partial charge in [-0.25, -0.2) is 26.0 Å². The number of nitrogens with zero attached hydrogens (tertiary/aromatic N) is 1. The van der Waals surface area contributed by atoms with Crippen molar-refractivity contribution in [2.75, 3.05) is 6.61 Å². The average Bonchev–Trinajstić information content (AvgIpc) is 3.09. The van der Waals surface area contributed by atoms with Gasteiger partial charge in [-0.1, -0.05) is 0 Å². The number of ether oxygens (including phenoxy) is 1. The van der Waals surface area contributed by atoms with Gasteiger partial charge in [0.15, 0.2) is 0 Å². The van der Waals surface area contributed by atoms with Crippen molar-refractivity contribution in [2.45, 2.75) is 11.8 Å². The molecule has 0 unspecified atom stereocenters. The van der Waals surface area contributed by atoms with Crippen LogP contribution in [0.2, 0.25) is 0 Å². The van der Waals surface area contributed by atoms with Gasteiger partial charge in [-0.2, -0.15) is 0 Å². The minimum Gasteiger partial charge on any atom is -0.462 e. The van der Waals surface area contributed by atoms with Crippen LogP contribution in [-0.4, -0.2) is 25.0 Å². The lowest BCUT2D eigenvalue weighted by atomic mass is 10.1. The molecule has 5 nitrogen and oxygen atoms in total. The second-order valence-electron chi connectivity index (χ2n) is 5.60. The van der Waals surface area contributed by atoms with Crippen LogP contribution in [0.15, 0.2) is 65.7 Å². The summed E-state index contributed by atoms with van der Waals surface area (Å²) in [5.41, 5.74) is 0.571. The minimum absolute atomic E-state index is 0.0295. The third-order valence-electron chi connectivity index (χ3n) is 3.81. The third-order valence-corrected chi connectivity index (χ3v) is 5.50. The van der Waals surface area contributed by atoms with Gasteiger partial charge in [0.25, 0.3) is 10.0 Å². The largest absolute Gasteiger partial charge is 0.462 e. The maximum atomic E-state index is 13.2. The predicted octanol–water partition coefficient (Wildman–Crippen LogP) is 3.85. The molecular formula is C19H15F2NO4S. The molecule has 140 valence electrons. The standard InChI is InChI=1S/C19H15F2NO4S/c1-2-26-19(23)14-11-18(13-3-5-15(20)6-4-13)22(12-14)27(24,25)17-9-7-16(21)8-10-17/h3-12H,2H2,1H3. The smallest absolute Gasteiger partial charge is 0.339 e. The molecule has 3 rings (SSSR count). The second kappa shape index (κ2) is 7.32. The van der Waals surface area contributed by atoms with Gasteiger partial charge in [-0.15, -0.1) is 0 Å². The van der Waals surface area contributed by atoms with Gasteiger partial charge >= 0.3 is 5.97 Å². The van der Waals surface area contributed by atoms with E-state index >= 15 is 0 Å². The Bertz CT molecular complexity index is 1070. The van der Waals surface area contributed by atoms with E-state index in [0.29, 0.717) is 5.56 Å². The monoisotopic (exact) mass is 391 g/mol. The van der Waals surface area contributed by atoms with Crippen LogP contribution < -0.4 is 0 Å². The number of hydrogen-bond donors (Lipinski definition) is 0. The number of halogens is 2. The first kappa shape index (κ1) is 18.8. The number of esters is 1. The molecule has 0 radical (unpaired) electrons. The molecule has 1 heterocycles. The lowest BCUT2D eigenvalue weighted by Gasteiger charge is -2.10. The zero-order valence-electron chi connectivity index (χ0n) is 14.2. The minimum atomic E-state index is -4.12. The van der Waals surface area contributed by atoms with Gasteiger partial charge in [0.1, 0.15) is 11.6 Å². The summed E-state index contributed by atoms with van der Waals surface area (Å²) in [7, 11) is -4.12. The summed E-state index contributed by atoms with van der Waals surface area (Å²) in [5, 5.41) is 0. The summed E-state index contributed by atoms with van der Waals surface area (Å²) >= 11 is 0. The number of carbonyl (C=O) groups is 1. The van der Waals surface area contributed by atoms with Gasteiger partial charge in [0.2, 0.25) is 0 Å². The van der Waals surface area contributed by atoms with E-state index in [4.69, 9.17) is 4.74 Å². The van der Waals surface area contributed by atoms with Crippen molar-refractivity contribution in [2.24, 2.45) is 0 Å². The van der Waals surface area contributed by atoms with E-state index in [0.717, 1.165) is 34.4 Å². The maximum Gasteiger partial charge on any atom is 0.339 e. The fourth-order valence-electron chi connectivity index (χ4n) is 2.52. The molecule has 0 N–H and O–H groups in total. The Morgan fingerprint density at radius 2 is 1.56 bits per heavy atom. The Kier molecular flexibility index (Phi) is 5.09. The van der Waals surface area contributed by atoms with Crippen molar-refractivity contribution >= 4 is 16.0 Å². The number of rotatable bonds is 5. The summed E-state index contributed by atoms with van der Waals surface area (Å²) in [5.74, 6) is -1.75. The van der Waals surface area contributed by atoms with Crippen molar-refractivity contribution in [3.8, 4) is 11.3 Å². The van der Waals surface area contributed by atoms with Crippen LogP contribution in [0.4, 0.5) is 8.78 Å². The molecule has 3 aromatic rings. The van der Waals surface area contributed by atoms with E-state index in [2.05, 4.69) is 0 Å². The number of aromatic nitrogens is 1. The summed E-state index contributed by atoms with van der Waals surface area (Å²) in [6, 6.07) is 10.8. The van der Waals surface area contributed by atoms with Gasteiger partial charge in [-0.05, 0) is 67.1 Å². The van der Waals surface area contributed by atoms with Crippen molar-refractivity contribution in [3.63, 3.8) is 0 Å². The van der Waals surface area contributed by atoms with E-state index in [1.165, 1.54) is 30.3 Å². The molecule has 8 heteroatoms. The lowest BCUT2D eigenvalue weighted by molar-refractivity contribution is 0.0526. The highest BCUT2D eigenvalue weighted by Crippen LogP contribution is 2.28. The second-order valence-corrected chi connectivity index (χ2v) is 7.41. The Morgan fingerprint density at radius 3 is 2.11 bits per heavy atom. The Morgan fingerprint density at radius 1 is 1.00 bits per heavy atom. The first-order chi connectivity index (χ1) is 12.8. The molecule has 2 aromatic carbocycles. The molecule has 0 aliphatic heterocycles. The first-order valence-electron chi connectivity index (χ1n) is 7.99. The van der Waals surface area contributed by atoms with Crippen LogP contribution >= 0.6 is 0 Å². The quantitative estimate of drug-likeness (QED) is 0.620. The number of carbonyl (C=O) groups excluding carboxylic acids is 1. The van der Waals surface area contributed by atoms with Crippen LogP contribution in [-0.2, 0) is 14.8 Å². The highest BCUT2D eigenvalue weighted by Gasteiger charge is 2.24. The molecule has 0 saturated carbocycles. The Hall–Kier alpha value is -3.00. The molecular weight excluding hydrogens is 376 g/mol. The molecule has 0 aliphatic carbocycles. The fourth-order valence-corrected chi connectivity index (χ4v) is 3.90. The molecule has 1 aromatic heterocycles. The summed E-state index contributed by atoms with van der Waals surface area (Å²) in [6.07, 6.45) is 1.13. The van der Waals surface area contributed by atoms with Crippen molar-refractivity contribution in [1.82, 2.24) is 3.97 Å². The van der Waals surface area contributed by atoms with Crippen molar-refractivity contribution < 1.29 is 26.7 Å². The molecule has 0 bridgehead atoms. The van der Waals surface area contributed by atoms with Crippen LogP contribution in [0.5, 0.6) is 0 Å². The van der Waals surface area contributed by atoms with Crippen molar-refractivity contribution in [3.05, 3.63) is 78.0 Å². The molecule has 27 heavy (non-hydrogen) atoms. The molecule has 0 atom stereocenters. The lowest BCUT2D eigenvalue weighted by Crippen LogP contribution is -2.13. The van der Waals surface area contributed by atoms with E-state index in [1.54, 1.807) is 6.92 Å². The van der Waals surface area contributed by atoms with Crippen LogP contribution in [0.3, 0.4) is 0 Å².